The van der Waals surface area contributed by atoms with Crippen molar-refractivity contribution >= 4 is 34.2 Å². The average Bonchev–Trinajstić information content (AvgIpc) is 2.29. The van der Waals surface area contributed by atoms with Gasteiger partial charge in [0.1, 0.15) is 6.73 Å². The molecule has 0 saturated carbocycles. The molecule has 0 fully saturated rings. The molecule has 0 radical (unpaired) electrons. The molecule has 7 nitrogen and oxygen atoms in total. The highest BCUT2D eigenvalue weighted by atomic mass is 35.5. The molecule has 0 aliphatic heterocycles. The molecule has 1 aromatic carbocycles. The summed E-state index contributed by atoms with van der Waals surface area (Å²) in [5, 5.41) is 14.0. The molecule has 0 bridgehead atoms. The maximum Gasteiger partial charge on any atom is 0.317 e. The van der Waals surface area contributed by atoms with Crippen molar-refractivity contribution in [3.05, 3.63) is 29.8 Å². The summed E-state index contributed by atoms with van der Waals surface area (Å²) in [6.45, 7) is 0.226. The molecule has 0 heterocycles. The van der Waals surface area contributed by atoms with Crippen molar-refractivity contribution in [1.29, 1.82) is 0 Å². The summed E-state index contributed by atoms with van der Waals surface area (Å²) in [4.78, 5) is 10.3. The van der Waals surface area contributed by atoms with Crippen LogP contribution >= 0.6 is 12.4 Å². The van der Waals surface area contributed by atoms with Crippen LogP contribution in [0.25, 0.3) is 0 Å². The lowest BCUT2D eigenvalue weighted by Crippen LogP contribution is -2.21. The fourth-order valence-electron chi connectivity index (χ4n) is 1.27. The average molecular weight is 325 g/mol. The molecule has 0 aliphatic carbocycles. The first-order valence-corrected chi connectivity index (χ1v) is 7.28. The Labute approximate surface area is 123 Å². The van der Waals surface area contributed by atoms with E-state index in [1.807, 2.05) is 0 Å². The third-order valence-electron chi connectivity index (χ3n) is 2.11. The summed E-state index contributed by atoms with van der Waals surface area (Å²) in [5.74, 6) is -0.906. The van der Waals surface area contributed by atoms with Gasteiger partial charge < -0.3 is 15.7 Å². The molecule has 114 valence electrons. The molecule has 0 atom stereocenters. The van der Waals surface area contributed by atoms with Crippen LogP contribution in [-0.4, -0.2) is 39.0 Å². The first-order valence-electron chi connectivity index (χ1n) is 5.46. The fraction of sp³-hybridized carbons (Fsp3) is 0.364. The fourth-order valence-corrected chi connectivity index (χ4v) is 1.55. The van der Waals surface area contributed by atoms with Crippen molar-refractivity contribution < 1.29 is 22.5 Å². The third kappa shape index (κ3) is 8.70. The second-order valence-electron chi connectivity index (χ2n) is 3.84. The Balaban J connectivity index is 0.00000361. The van der Waals surface area contributed by atoms with Gasteiger partial charge in [0.15, 0.2) is 0 Å². The van der Waals surface area contributed by atoms with Gasteiger partial charge in [0.05, 0.1) is 12.8 Å². The lowest BCUT2D eigenvalue weighted by Gasteiger charge is -2.07. The number of anilines is 1. The largest absolute Gasteiger partial charge is 0.480 e. The van der Waals surface area contributed by atoms with E-state index in [1.54, 1.807) is 24.3 Å². The third-order valence-corrected chi connectivity index (χ3v) is 2.65. The number of aliphatic carboxylic acids is 1. The van der Waals surface area contributed by atoms with Gasteiger partial charge in [-0.1, -0.05) is 12.1 Å². The highest BCUT2D eigenvalue weighted by Gasteiger charge is 2.01. The van der Waals surface area contributed by atoms with Gasteiger partial charge in [-0.05, 0) is 17.7 Å². The smallest absolute Gasteiger partial charge is 0.317 e. The number of hydrogen-bond donors (Lipinski definition) is 3. The molecule has 0 aromatic heterocycles. The molecule has 0 saturated heterocycles. The van der Waals surface area contributed by atoms with E-state index >= 15 is 0 Å². The Hall–Kier alpha value is -1.35. The van der Waals surface area contributed by atoms with Gasteiger partial charge in [0.2, 0.25) is 0 Å². The van der Waals surface area contributed by atoms with Crippen LogP contribution in [0.2, 0.25) is 0 Å². The molecule has 0 amide bonds. The molecule has 1 rings (SSSR count). The van der Waals surface area contributed by atoms with E-state index < -0.39 is 16.1 Å². The predicted molar refractivity (Wildman–Crippen MR) is 77.5 cm³/mol. The molecule has 1 aromatic rings. The standard InChI is InChI=1S/C11H16N2O5S.ClH/c1-19(16,17)18-8-13-10-4-2-9(3-5-10)6-12-7-11(14)15;/h2-5,12-13H,6-8H2,1H3,(H,14,15);1H. The van der Waals surface area contributed by atoms with Crippen molar-refractivity contribution in [2.75, 3.05) is 24.8 Å². The minimum Gasteiger partial charge on any atom is -0.480 e. The molecule has 0 spiro atoms. The monoisotopic (exact) mass is 324 g/mol. The van der Waals surface area contributed by atoms with E-state index in [2.05, 4.69) is 14.8 Å². The second-order valence-corrected chi connectivity index (χ2v) is 5.48. The Morgan fingerprint density at radius 1 is 1.30 bits per heavy atom. The number of carboxylic acids is 1. The van der Waals surface area contributed by atoms with Crippen LogP contribution in [-0.2, 0) is 25.6 Å². The first kappa shape index (κ1) is 18.7. The summed E-state index contributed by atoms with van der Waals surface area (Å²) in [5.41, 5.74) is 1.64. The second kappa shape index (κ2) is 8.75. The van der Waals surface area contributed by atoms with Crippen LogP contribution in [0.4, 0.5) is 5.69 Å². The maximum absolute atomic E-state index is 10.7. The zero-order valence-electron chi connectivity index (χ0n) is 10.8. The number of hydrogen-bond acceptors (Lipinski definition) is 6. The van der Waals surface area contributed by atoms with Gasteiger partial charge in [0.25, 0.3) is 10.1 Å². The zero-order valence-corrected chi connectivity index (χ0v) is 12.5. The van der Waals surface area contributed by atoms with Gasteiger partial charge in [-0.15, -0.1) is 12.4 Å². The lowest BCUT2D eigenvalue weighted by molar-refractivity contribution is -0.135. The van der Waals surface area contributed by atoms with Crippen LogP contribution in [0.5, 0.6) is 0 Å². The number of rotatable bonds is 8. The van der Waals surface area contributed by atoms with Crippen LogP contribution in [0.3, 0.4) is 0 Å². The van der Waals surface area contributed by atoms with E-state index in [1.165, 1.54) is 0 Å². The Bertz CT molecular complexity index is 518. The van der Waals surface area contributed by atoms with E-state index in [9.17, 15) is 13.2 Å². The predicted octanol–water partition coefficient (Wildman–Crippen LogP) is 0.628. The number of carbonyl (C=O) groups is 1. The summed E-state index contributed by atoms with van der Waals surface area (Å²) in [7, 11) is -3.45. The number of benzene rings is 1. The van der Waals surface area contributed by atoms with Crippen molar-refractivity contribution in [3.63, 3.8) is 0 Å². The molecule has 0 aliphatic rings. The zero-order chi connectivity index (χ0) is 14.3. The van der Waals surface area contributed by atoms with Crippen LogP contribution in [0.1, 0.15) is 5.56 Å². The summed E-state index contributed by atoms with van der Waals surface area (Å²) >= 11 is 0. The molecular formula is C11H17ClN2O5S. The first-order chi connectivity index (χ1) is 8.87. The SMILES string of the molecule is CS(=O)(=O)OCNc1ccc(CNCC(=O)O)cc1.Cl. The Morgan fingerprint density at radius 2 is 1.90 bits per heavy atom. The van der Waals surface area contributed by atoms with Crippen molar-refractivity contribution in [2.45, 2.75) is 6.54 Å². The lowest BCUT2D eigenvalue weighted by atomic mass is 10.2. The van der Waals surface area contributed by atoms with Gasteiger partial charge in [-0.25, -0.2) is 4.18 Å². The van der Waals surface area contributed by atoms with Crippen LogP contribution < -0.4 is 10.6 Å². The molecule has 9 heteroatoms. The molecule has 3 N–H and O–H groups in total. The minimum absolute atomic E-state index is 0. The number of halogens is 1. The van der Waals surface area contributed by atoms with Crippen molar-refractivity contribution in [3.8, 4) is 0 Å². The topological polar surface area (TPSA) is 105 Å². The maximum atomic E-state index is 10.7. The van der Waals surface area contributed by atoms with Crippen LogP contribution in [0.15, 0.2) is 24.3 Å². The van der Waals surface area contributed by atoms with Gasteiger partial charge in [0, 0.05) is 12.2 Å². The molecule has 0 unspecified atom stereocenters. The quantitative estimate of drug-likeness (QED) is 0.476. The summed E-state index contributed by atoms with van der Waals surface area (Å²) < 4.78 is 26.0. The van der Waals surface area contributed by atoms with Crippen LogP contribution in [0, 0.1) is 0 Å². The van der Waals surface area contributed by atoms with Gasteiger partial charge in [-0.3, -0.25) is 4.79 Å². The Kier molecular flexibility index (Phi) is 8.16. The number of nitrogens with one attached hydrogen (secondary N) is 2. The summed E-state index contributed by atoms with van der Waals surface area (Å²) in [6, 6.07) is 7.11. The van der Waals surface area contributed by atoms with Crippen molar-refractivity contribution in [1.82, 2.24) is 5.32 Å². The normalized spacial score (nSPS) is 10.7. The molecular weight excluding hydrogens is 308 g/mol. The highest BCUT2D eigenvalue weighted by molar-refractivity contribution is 7.85. The highest BCUT2D eigenvalue weighted by Crippen LogP contribution is 2.09. The van der Waals surface area contributed by atoms with Gasteiger partial charge in [-0.2, -0.15) is 8.42 Å². The summed E-state index contributed by atoms with van der Waals surface area (Å²) in [6.07, 6.45) is 0.978. The number of carboxylic acid groups (broad SMARTS) is 1. The minimum atomic E-state index is -3.45. The van der Waals surface area contributed by atoms with E-state index in [-0.39, 0.29) is 25.7 Å². The van der Waals surface area contributed by atoms with Crippen molar-refractivity contribution in [2.24, 2.45) is 0 Å². The van der Waals surface area contributed by atoms with E-state index in [4.69, 9.17) is 5.11 Å². The molecule has 20 heavy (non-hydrogen) atoms. The van der Waals surface area contributed by atoms with Gasteiger partial charge >= 0.3 is 5.97 Å². The Morgan fingerprint density at radius 3 is 2.40 bits per heavy atom. The van der Waals surface area contributed by atoms with E-state index in [0.29, 0.717) is 12.2 Å². The van der Waals surface area contributed by atoms with E-state index in [0.717, 1.165) is 11.8 Å².